The van der Waals surface area contributed by atoms with Crippen molar-refractivity contribution in [1.82, 2.24) is 14.9 Å². The normalized spacial score (nSPS) is 11.4. The molecule has 2 aromatic rings. The van der Waals surface area contributed by atoms with Crippen LogP contribution in [0.1, 0.15) is 47.3 Å². The van der Waals surface area contributed by atoms with Crippen LogP contribution in [0.4, 0.5) is 0 Å². The highest BCUT2D eigenvalue weighted by molar-refractivity contribution is 7.08. The van der Waals surface area contributed by atoms with Gasteiger partial charge in [-0.3, -0.25) is 4.79 Å². The third kappa shape index (κ3) is 4.02. The first-order chi connectivity index (χ1) is 9.91. The van der Waals surface area contributed by atoms with Crippen molar-refractivity contribution in [3.63, 3.8) is 0 Å². The largest absolute Gasteiger partial charge is 0.347 e. The summed E-state index contributed by atoms with van der Waals surface area (Å²) in [6, 6.07) is 7.85. The molecule has 0 spiro atoms. The first-order valence-corrected chi connectivity index (χ1v) is 7.97. The molecule has 0 saturated carbocycles. The van der Waals surface area contributed by atoms with Crippen molar-refractivity contribution in [3.05, 3.63) is 46.0 Å². The van der Waals surface area contributed by atoms with Crippen molar-refractivity contribution < 1.29 is 4.79 Å². The fourth-order valence-electron chi connectivity index (χ4n) is 1.92. The summed E-state index contributed by atoms with van der Waals surface area (Å²) in [6.07, 6.45) is 0. The van der Waals surface area contributed by atoms with Gasteiger partial charge in [0.05, 0.1) is 5.69 Å². The number of nitrogens with one attached hydrogen (secondary N) is 1. The predicted octanol–water partition coefficient (Wildman–Crippen LogP) is 3.50. The van der Waals surface area contributed by atoms with Crippen LogP contribution in [0.2, 0.25) is 0 Å². The van der Waals surface area contributed by atoms with Gasteiger partial charge in [0.1, 0.15) is 4.88 Å². The van der Waals surface area contributed by atoms with Gasteiger partial charge in [-0.15, -0.1) is 16.7 Å². The van der Waals surface area contributed by atoms with Crippen molar-refractivity contribution >= 4 is 29.0 Å². The van der Waals surface area contributed by atoms with Gasteiger partial charge in [0.25, 0.3) is 5.91 Å². The van der Waals surface area contributed by atoms with E-state index in [0.29, 0.717) is 17.3 Å². The topological polar surface area (TPSA) is 54.9 Å². The predicted molar refractivity (Wildman–Crippen MR) is 85.8 cm³/mol. The van der Waals surface area contributed by atoms with Gasteiger partial charge in [-0.25, -0.2) is 0 Å². The molecule has 1 heterocycles. The smallest absolute Gasteiger partial charge is 0.265 e. The number of carbonyl (C=O) groups excluding carboxylic acids is 1. The average molecular weight is 324 g/mol. The van der Waals surface area contributed by atoms with Crippen LogP contribution in [0.25, 0.3) is 0 Å². The molecule has 21 heavy (non-hydrogen) atoms. The maximum Gasteiger partial charge on any atom is 0.265 e. The summed E-state index contributed by atoms with van der Waals surface area (Å²) >= 11 is 6.94. The number of nitrogens with zero attached hydrogens (tertiary/aromatic N) is 2. The summed E-state index contributed by atoms with van der Waals surface area (Å²) in [7, 11) is 0. The minimum absolute atomic E-state index is 0.133. The molecule has 0 aliphatic rings. The Bertz CT molecular complexity index is 634. The molecule has 1 aromatic carbocycles. The summed E-state index contributed by atoms with van der Waals surface area (Å²) in [5.41, 5.74) is 2.60. The minimum atomic E-state index is -0.196. The molecule has 0 radical (unpaired) electrons. The van der Waals surface area contributed by atoms with Crippen LogP contribution in [-0.2, 0) is 17.8 Å². The zero-order chi connectivity index (χ0) is 15.5. The van der Waals surface area contributed by atoms with E-state index in [2.05, 4.69) is 14.9 Å². The fraction of sp³-hybridized carbons (Fsp3) is 0.400. The third-order valence-corrected chi connectivity index (χ3v) is 4.04. The van der Waals surface area contributed by atoms with Gasteiger partial charge in [-0.05, 0) is 22.7 Å². The molecule has 0 fully saturated rings. The standard InChI is InChI=1S/C15H18ClN3OS/c1-15(2,3)13-12(21-19-18-13)14(20)17-9-11-6-4-5-10(7-11)8-16/h4-7H,8-9H2,1-3H3,(H,17,20). The number of rotatable bonds is 4. The number of benzene rings is 1. The van der Waals surface area contributed by atoms with Gasteiger partial charge in [-0.2, -0.15) is 0 Å². The number of alkyl halides is 1. The lowest BCUT2D eigenvalue weighted by Crippen LogP contribution is -2.25. The van der Waals surface area contributed by atoms with E-state index in [0.717, 1.165) is 28.4 Å². The summed E-state index contributed by atoms with van der Waals surface area (Å²) in [6.45, 7) is 6.52. The highest BCUT2D eigenvalue weighted by Crippen LogP contribution is 2.25. The van der Waals surface area contributed by atoms with Crippen molar-refractivity contribution in [2.75, 3.05) is 0 Å². The number of halogens is 1. The molecule has 1 aromatic heterocycles. The van der Waals surface area contributed by atoms with E-state index in [4.69, 9.17) is 11.6 Å². The SMILES string of the molecule is CC(C)(C)c1nnsc1C(=O)NCc1cccc(CCl)c1. The molecule has 1 N–H and O–H groups in total. The Morgan fingerprint density at radius 1 is 1.33 bits per heavy atom. The fourth-order valence-corrected chi connectivity index (χ4v) is 2.87. The minimum Gasteiger partial charge on any atom is -0.347 e. The van der Waals surface area contributed by atoms with Crippen LogP contribution in [0, 0.1) is 0 Å². The molecule has 0 aliphatic carbocycles. The lowest BCUT2D eigenvalue weighted by Gasteiger charge is -2.16. The zero-order valence-electron chi connectivity index (χ0n) is 12.3. The molecule has 0 bridgehead atoms. The Morgan fingerprint density at radius 2 is 2.05 bits per heavy atom. The second-order valence-corrected chi connectivity index (χ2v) is 6.86. The Morgan fingerprint density at radius 3 is 2.71 bits per heavy atom. The zero-order valence-corrected chi connectivity index (χ0v) is 13.9. The number of hydrogen-bond donors (Lipinski definition) is 1. The molecule has 1 amide bonds. The average Bonchev–Trinajstić information content (AvgIpc) is 2.94. The summed E-state index contributed by atoms with van der Waals surface area (Å²) in [4.78, 5) is 12.9. The van der Waals surface area contributed by atoms with Crippen LogP contribution in [0.3, 0.4) is 0 Å². The molecule has 0 aliphatic heterocycles. The molecule has 112 valence electrons. The van der Waals surface area contributed by atoms with Gasteiger partial charge in [0, 0.05) is 17.8 Å². The van der Waals surface area contributed by atoms with Crippen LogP contribution in [-0.4, -0.2) is 15.5 Å². The molecule has 6 heteroatoms. The summed E-state index contributed by atoms with van der Waals surface area (Å²) in [5.74, 6) is 0.334. The van der Waals surface area contributed by atoms with Crippen molar-refractivity contribution in [1.29, 1.82) is 0 Å². The van der Waals surface area contributed by atoms with E-state index in [9.17, 15) is 4.79 Å². The first-order valence-electron chi connectivity index (χ1n) is 6.66. The maximum absolute atomic E-state index is 12.3. The van der Waals surface area contributed by atoms with E-state index in [1.165, 1.54) is 0 Å². The Hall–Kier alpha value is -1.46. The number of hydrogen-bond acceptors (Lipinski definition) is 4. The molecule has 2 rings (SSSR count). The highest BCUT2D eigenvalue weighted by Gasteiger charge is 2.26. The Kier molecular flexibility index (Phi) is 4.96. The quantitative estimate of drug-likeness (QED) is 0.876. The Balaban J connectivity index is 2.07. The van der Waals surface area contributed by atoms with E-state index in [1.807, 2.05) is 45.0 Å². The molecule has 0 saturated heterocycles. The lowest BCUT2D eigenvalue weighted by molar-refractivity contribution is 0.0952. The lowest BCUT2D eigenvalue weighted by atomic mass is 9.91. The monoisotopic (exact) mass is 323 g/mol. The number of aromatic nitrogens is 2. The van der Waals surface area contributed by atoms with Gasteiger partial charge in [-0.1, -0.05) is 49.5 Å². The molecular formula is C15H18ClN3OS. The van der Waals surface area contributed by atoms with Crippen molar-refractivity contribution in [2.45, 2.75) is 38.6 Å². The van der Waals surface area contributed by atoms with Gasteiger partial charge in [0.15, 0.2) is 0 Å². The van der Waals surface area contributed by atoms with Gasteiger partial charge in [0.2, 0.25) is 0 Å². The molecule has 0 atom stereocenters. The van der Waals surface area contributed by atoms with Crippen LogP contribution in [0.5, 0.6) is 0 Å². The molecule has 4 nitrogen and oxygen atoms in total. The second kappa shape index (κ2) is 6.54. The van der Waals surface area contributed by atoms with E-state index >= 15 is 0 Å². The highest BCUT2D eigenvalue weighted by atomic mass is 35.5. The van der Waals surface area contributed by atoms with E-state index < -0.39 is 0 Å². The van der Waals surface area contributed by atoms with Gasteiger partial charge < -0.3 is 5.32 Å². The van der Waals surface area contributed by atoms with E-state index in [-0.39, 0.29) is 11.3 Å². The third-order valence-electron chi connectivity index (χ3n) is 3.00. The van der Waals surface area contributed by atoms with Crippen LogP contribution in [0.15, 0.2) is 24.3 Å². The van der Waals surface area contributed by atoms with E-state index in [1.54, 1.807) is 0 Å². The van der Waals surface area contributed by atoms with Crippen molar-refractivity contribution in [3.8, 4) is 0 Å². The summed E-state index contributed by atoms with van der Waals surface area (Å²) < 4.78 is 3.91. The first kappa shape index (κ1) is 15.9. The second-order valence-electron chi connectivity index (χ2n) is 5.84. The van der Waals surface area contributed by atoms with Gasteiger partial charge >= 0.3 is 0 Å². The molecular weight excluding hydrogens is 306 g/mol. The Labute approximate surface area is 133 Å². The van der Waals surface area contributed by atoms with Crippen LogP contribution >= 0.6 is 23.1 Å². The van der Waals surface area contributed by atoms with Crippen LogP contribution < -0.4 is 5.32 Å². The molecule has 0 unspecified atom stereocenters. The van der Waals surface area contributed by atoms with Crippen molar-refractivity contribution in [2.24, 2.45) is 0 Å². The maximum atomic E-state index is 12.3. The summed E-state index contributed by atoms with van der Waals surface area (Å²) in [5, 5.41) is 6.99. The number of carbonyl (C=O) groups is 1. The number of amides is 1.